The van der Waals surface area contributed by atoms with Gasteiger partial charge in [-0.3, -0.25) is 9.89 Å². The Labute approximate surface area is 119 Å². The summed E-state index contributed by atoms with van der Waals surface area (Å²) in [5.74, 6) is 0. The Morgan fingerprint density at radius 2 is 2.15 bits per heavy atom. The number of nitrogens with zero attached hydrogens (tertiary/aromatic N) is 1. The molecule has 0 aromatic carbocycles. The molecule has 0 aliphatic heterocycles. The first-order valence-electron chi connectivity index (χ1n) is 5.79. The number of nitrogens with one attached hydrogen (secondary N) is 4. The normalized spacial score (nSPS) is 11.9. The van der Waals surface area contributed by atoms with E-state index in [9.17, 15) is 13.2 Å². The van der Waals surface area contributed by atoms with Gasteiger partial charge >= 0.3 is 4.87 Å². The second-order valence-corrected chi connectivity index (χ2v) is 6.70. The van der Waals surface area contributed by atoms with E-state index in [1.807, 2.05) is 0 Å². The molecule has 0 aliphatic carbocycles. The molecular weight excluding hydrogens is 302 g/mol. The van der Waals surface area contributed by atoms with Crippen molar-refractivity contribution >= 4 is 21.4 Å². The van der Waals surface area contributed by atoms with Gasteiger partial charge in [-0.25, -0.2) is 13.1 Å². The van der Waals surface area contributed by atoms with E-state index in [0.29, 0.717) is 23.6 Å². The van der Waals surface area contributed by atoms with E-state index in [0.717, 1.165) is 11.3 Å². The molecule has 4 N–H and O–H groups in total. The van der Waals surface area contributed by atoms with Crippen molar-refractivity contribution in [1.29, 1.82) is 0 Å². The third-order valence-electron chi connectivity index (χ3n) is 2.60. The molecule has 0 fully saturated rings. The average Bonchev–Trinajstić information content (AvgIpc) is 2.95. The predicted octanol–water partition coefficient (Wildman–Crippen LogP) is -0.334. The number of H-pyrrole nitrogens is 2. The summed E-state index contributed by atoms with van der Waals surface area (Å²) in [6.07, 6.45) is 0. The van der Waals surface area contributed by atoms with Crippen molar-refractivity contribution < 1.29 is 8.42 Å². The molecule has 0 radical (unpaired) electrons. The molecule has 0 saturated heterocycles. The fourth-order valence-corrected chi connectivity index (χ4v) is 3.71. The van der Waals surface area contributed by atoms with Gasteiger partial charge in [-0.15, -0.1) is 0 Å². The molecule has 2 heterocycles. The first-order chi connectivity index (χ1) is 9.44. The van der Waals surface area contributed by atoms with Gasteiger partial charge < -0.3 is 10.3 Å². The van der Waals surface area contributed by atoms with Crippen LogP contribution in [0.15, 0.2) is 15.1 Å². The summed E-state index contributed by atoms with van der Waals surface area (Å²) in [4.78, 5) is 13.5. The van der Waals surface area contributed by atoms with E-state index in [2.05, 4.69) is 25.2 Å². The van der Waals surface area contributed by atoms with Crippen LogP contribution in [0.4, 0.5) is 0 Å². The number of aryl methyl sites for hydroxylation is 1. The van der Waals surface area contributed by atoms with E-state index >= 15 is 0 Å². The molecule has 2 rings (SSSR count). The first kappa shape index (κ1) is 14.9. The van der Waals surface area contributed by atoms with Crippen LogP contribution in [0.1, 0.15) is 17.1 Å². The van der Waals surface area contributed by atoms with Crippen molar-refractivity contribution in [2.45, 2.75) is 24.9 Å². The molecule has 0 saturated carbocycles. The van der Waals surface area contributed by atoms with Gasteiger partial charge in [-0.05, 0) is 14.0 Å². The number of hydrogen-bond acceptors (Lipinski definition) is 6. The van der Waals surface area contributed by atoms with Gasteiger partial charge in [-0.1, -0.05) is 11.3 Å². The zero-order valence-electron chi connectivity index (χ0n) is 11.0. The monoisotopic (exact) mass is 317 g/mol. The van der Waals surface area contributed by atoms with E-state index in [1.165, 1.54) is 0 Å². The lowest BCUT2D eigenvalue weighted by Crippen LogP contribution is -2.25. The maximum atomic E-state index is 12.3. The van der Waals surface area contributed by atoms with E-state index in [4.69, 9.17) is 0 Å². The molecule has 0 amide bonds. The summed E-state index contributed by atoms with van der Waals surface area (Å²) in [6.45, 7) is 2.02. The zero-order valence-corrected chi connectivity index (χ0v) is 12.6. The van der Waals surface area contributed by atoms with Gasteiger partial charge in [0.15, 0.2) is 0 Å². The van der Waals surface area contributed by atoms with Gasteiger partial charge in [0.1, 0.15) is 4.90 Å². The average molecular weight is 317 g/mol. The van der Waals surface area contributed by atoms with Crippen LogP contribution < -0.4 is 14.9 Å². The number of hydrogen-bond donors (Lipinski definition) is 4. The van der Waals surface area contributed by atoms with Gasteiger partial charge in [-0.2, -0.15) is 5.10 Å². The second kappa shape index (κ2) is 5.87. The van der Waals surface area contributed by atoms with Crippen molar-refractivity contribution in [3.05, 3.63) is 32.1 Å². The third kappa shape index (κ3) is 3.15. The third-order valence-corrected chi connectivity index (χ3v) is 4.92. The van der Waals surface area contributed by atoms with Crippen molar-refractivity contribution in [2.24, 2.45) is 0 Å². The van der Waals surface area contributed by atoms with E-state index in [1.54, 1.807) is 19.4 Å². The Kier molecular flexibility index (Phi) is 4.38. The van der Waals surface area contributed by atoms with Crippen LogP contribution in [0.3, 0.4) is 0 Å². The van der Waals surface area contributed by atoms with Gasteiger partial charge in [0.05, 0.1) is 17.9 Å². The molecule has 2 aromatic rings. The molecule has 0 unspecified atom stereocenters. The molecule has 110 valence electrons. The molecule has 2 aromatic heterocycles. The van der Waals surface area contributed by atoms with E-state index < -0.39 is 10.0 Å². The minimum Gasteiger partial charge on any atom is -0.315 e. The fraction of sp³-hybridized carbons (Fsp3) is 0.400. The summed E-state index contributed by atoms with van der Waals surface area (Å²) >= 11 is 0.992. The molecule has 0 bridgehead atoms. The maximum absolute atomic E-state index is 12.3. The van der Waals surface area contributed by atoms with Crippen LogP contribution in [0, 0.1) is 6.92 Å². The predicted molar refractivity (Wildman–Crippen MR) is 75.1 cm³/mol. The summed E-state index contributed by atoms with van der Waals surface area (Å²) in [6, 6.07) is 0. The van der Waals surface area contributed by atoms with Crippen molar-refractivity contribution in [3.63, 3.8) is 0 Å². The molecular formula is C10H15N5O3S2. The Morgan fingerprint density at radius 1 is 1.40 bits per heavy atom. The maximum Gasteiger partial charge on any atom is 0.304 e. The highest BCUT2D eigenvalue weighted by atomic mass is 32.2. The van der Waals surface area contributed by atoms with Crippen molar-refractivity contribution in [3.8, 4) is 0 Å². The van der Waals surface area contributed by atoms with Gasteiger partial charge in [0, 0.05) is 17.6 Å². The van der Waals surface area contributed by atoms with Crippen LogP contribution in [0.25, 0.3) is 0 Å². The highest BCUT2D eigenvalue weighted by Gasteiger charge is 2.23. The summed E-state index contributed by atoms with van der Waals surface area (Å²) in [7, 11) is -1.98. The van der Waals surface area contributed by atoms with Crippen LogP contribution >= 0.6 is 11.3 Å². The van der Waals surface area contributed by atoms with Crippen LogP contribution in [0.2, 0.25) is 0 Å². The van der Waals surface area contributed by atoms with Crippen LogP contribution in [-0.4, -0.2) is 30.6 Å². The van der Waals surface area contributed by atoms with Crippen molar-refractivity contribution in [1.82, 2.24) is 25.2 Å². The number of rotatable bonds is 6. The summed E-state index contributed by atoms with van der Waals surface area (Å²) in [5, 5.41) is 11.1. The topological polar surface area (TPSA) is 120 Å². The number of aromatic nitrogens is 3. The highest BCUT2D eigenvalue weighted by molar-refractivity contribution is 7.89. The molecule has 0 atom stereocenters. The van der Waals surface area contributed by atoms with Crippen molar-refractivity contribution in [2.75, 3.05) is 7.05 Å². The highest BCUT2D eigenvalue weighted by Crippen LogP contribution is 2.17. The van der Waals surface area contributed by atoms with Crippen LogP contribution in [-0.2, 0) is 23.1 Å². The first-order valence-corrected chi connectivity index (χ1v) is 8.15. The summed E-state index contributed by atoms with van der Waals surface area (Å²) < 4.78 is 27.1. The lowest BCUT2D eigenvalue weighted by molar-refractivity contribution is 0.578. The quantitative estimate of drug-likeness (QED) is 0.581. The number of sulfonamides is 1. The van der Waals surface area contributed by atoms with Gasteiger partial charge in [0.2, 0.25) is 10.0 Å². The second-order valence-electron chi connectivity index (χ2n) is 4.15. The SMILES string of the molecule is CNCc1n[nH]c(C)c1S(=O)(=O)NCc1csc(=O)[nH]1. The minimum atomic E-state index is -3.69. The lowest BCUT2D eigenvalue weighted by Gasteiger charge is -2.07. The Hall–Kier alpha value is -1.49. The Bertz CT molecular complexity index is 743. The lowest BCUT2D eigenvalue weighted by atomic mass is 10.4. The fourth-order valence-electron chi connectivity index (χ4n) is 1.76. The molecule has 0 spiro atoms. The molecule has 20 heavy (non-hydrogen) atoms. The number of thiazole rings is 1. The minimum absolute atomic E-state index is 0.0324. The largest absolute Gasteiger partial charge is 0.315 e. The number of aromatic amines is 2. The zero-order chi connectivity index (χ0) is 14.8. The molecule has 8 nitrogen and oxygen atoms in total. The summed E-state index contributed by atoms with van der Waals surface area (Å²) in [5.41, 5.74) is 1.43. The van der Waals surface area contributed by atoms with E-state index in [-0.39, 0.29) is 16.3 Å². The Morgan fingerprint density at radius 3 is 2.75 bits per heavy atom. The van der Waals surface area contributed by atoms with Crippen LogP contribution in [0.5, 0.6) is 0 Å². The molecule has 10 heteroatoms. The smallest absolute Gasteiger partial charge is 0.304 e. The Balaban J connectivity index is 2.22. The van der Waals surface area contributed by atoms with Gasteiger partial charge in [0.25, 0.3) is 0 Å². The standard InChI is InChI=1S/C10H15N5O3S2/c1-6-9(8(4-11-2)15-14-6)20(17,18)12-3-7-5-19-10(16)13-7/h5,11-12H,3-4H2,1-2H3,(H,13,16)(H,14,15). The molecule has 0 aliphatic rings.